The van der Waals surface area contributed by atoms with Crippen LogP contribution in [0, 0.1) is 0 Å². The average Bonchev–Trinajstić information content (AvgIpc) is 3.05. The van der Waals surface area contributed by atoms with Crippen molar-refractivity contribution in [3.8, 4) is 11.5 Å². The Morgan fingerprint density at radius 1 is 1.21 bits per heavy atom. The zero-order chi connectivity index (χ0) is 16.8. The average molecular weight is 318 g/mol. The van der Waals surface area contributed by atoms with Gasteiger partial charge in [-0.1, -0.05) is 24.3 Å². The smallest absolute Gasteiger partial charge is 0.182 e. The number of aromatic nitrogens is 4. The second-order valence-corrected chi connectivity index (χ2v) is 4.98. The van der Waals surface area contributed by atoms with Crippen LogP contribution in [0.5, 0.6) is 0 Å². The van der Waals surface area contributed by atoms with Gasteiger partial charge in [0.25, 0.3) is 0 Å². The molecule has 120 valence electrons. The first-order valence-corrected chi connectivity index (χ1v) is 7.66. The van der Waals surface area contributed by atoms with Crippen LogP contribution in [0.1, 0.15) is 13.8 Å². The summed E-state index contributed by atoms with van der Waals surface area (Å²) < 4.78 is 0. The number of fused-ring (bicyclic) bond motifs is 1. The number of H-pyrrole nitrogens is 1. The van der Waals surface area contributed by atoms with E-state index in [-0.39, 0.29) is 0 Å². The van der Waals surface area contributed by atoms with Crippen LogP contribution >= 0.6 is 0 Å². The maximum absolute atomic E-state index is 4.56. The molecule has 0 spiro atoms. The van der Waals surface area contributed by atoms with Gasteiger partial charge in [0.2, 0.25) is 0 Å². The molecule has 0 saturated carbocycles. The molecule has 6 nitrogen and oxygen atoms in total. The molecule has 2 aromatic heterocycles. The fourth-order valence-electron chi connectivity index (χ4n) is 2.24. The molecule has 0 atom stereocenters. The van der Waals surface area contributed by atoms with Crippen molar-refractivity contribution >= 4 is 22.9 Å². The third-order valence-electron chi connectivity index (χ3n) is 3.41. The zero-order valence-electron chi connectivity index (χ0n) is 13.6. The lowest BCUT2D eigenvalue weighted by Crippen LogP contribution is -2.01. The Hall–Kier alpha value is -3.28. The molecule has 0 bridgehead atoms. The normalized spacial score (nSPS) is 12.5. The summed E-state index contributed by atoms with van der Waals surface area (Å²) in [5.74, 6) is 1.27. The summed E-state index contributed by atoms with van der Waals surface area (Å²) in [6, 6.07) is 9.73. The van der Waals surface area contributed by atoms with E-state index >= 15 is 0 Å². The van der Waals surface area contributed by atoms with Crippen molar-refractivity contribution in [3.63, 3.8) is 0 Å². The number of aromatic amines is 1. The van der Waals surface area contributed by atoms with E-state index in [2.05, 4.69) is 30.5 Å². The number of para-hydroxylation sites is 1. The molecule has 0 radical (unpaired) electrons. The number of aliphatic imine (C=N–C) groups is 1. The molecular weight excluding hydrogens is 300 g/mol. The molecule has 0 amide bonds. The molecule has 0 unspecified atom stereocenters. The van der Waals surface area contributed by atoms with Gasteiger partial charge >= 0.3 is 0 Å². The number of allylic oxidation sites excluding steroid dienone is 2. The maximum atomic E-state index is 4.56. The Morgan fingerprint density at radius 2 is 2.08 bits per heavy atom. The monoisotopic (exact) mass is 318 g/mol. The lowest BCUT2D eigenvalue weighted by molar-refractivity contribution is 1.08. The van der Waals surface area contributed by atoms with E-state index in [1.165, 1.54) is 0 Å². The van der Waals surface area contributed by atoms with E-state index in [1.54, 1.807) is 18.6 Å². The number of nitrogens with zero attached hydrogens (tertiary/aromatic N) is 4. The summed E-state index contributed by atoms with van der Waals surface area (Å²) in [5, 5.41) is 11.6. The molecule has 0 saturated heterocycles. The number of benzene rings is 1. The minimum Gasteiger partial charge on any atom is -0.340 e. The molecule has 0 aliphatic rings. The van der Waals surface area contributed by atoms with Crippen molar-refractivity contribution in [1.29, 1.82) is 0 Å². The molecule has 1 aromatic carbocycles. The molecule has 3 rings (SSSR count). The Kier molecular flexibility index (Phi) is 4.76. The van der Waals surface area contributed by atoms with E-state index in [9.17, 15) is 0 Å². The van der Waals surface area contributed by atoms with Crippen molar-refractivity contribution in [2.45, 2.75) is 13.8 Å². The minimum absolute atomic E-state index is 0.573. The lowest BCUT2D eigenvalue weighted by atomic mass is 10.2. The second-order valence-electron chi connectivity index (χ2n) is 4.98. The molecule has 24 heavy (non-hydrogen) atoms. The quantitative estimate of drug-likeness (QED) is 0.551. The fraction of sp³-hybridized carbons (Fsp3) is 0.111. The van der Waals surface area contributed by atoms with Gasteiger partial charge in [0.1, 0.15) is 11.5 Å². The third-order valence-corrected chi connectivity index (χ3v) is 3.41. The molecule has 2 N–H and O–H groups in total. The summed E-state index contributed by atoms with van der Waals surface area (Å²) in [5.41, 5.74) is 2.60. The number of rotatable bonds is 5. The van der Waals surface area contributed by atoms with Gasteiger partial charge in [-0.15, -0.1) is 0 Å². The minimum atomic E-state index is 0.573. The van der Waals surface area contributed by atoms with Crippen LogP contribution in [-0.2, 0) is 0 Å². The van der Waals surface area contributed by atoms with E-state index in [0.717, 1.165) is 22.3 Å². The van der Waals surface area contributed by atoms with Gasteiger partial charge in [-0.25, -0.2) is 9.97 Å². The first kappa shape index (κ1) is 15.6. The van der Waals surface area contributed by atoms with Crippen molar-refractivity contribution in [3.05, 3.63) is 60.6 Å². The Balaban J connectivity index is 1.89. The molecule has 6 heteroatoms. The van der Waals surface area contributed by atoms with E-state index in [1.807, 2.05) is 56.3 Å². The highest BCUT2D eigenvalue weighted by Gasteiger charge is 2.10. The highest BCUT2D eigenvalue weighted by atomic mass is 15.1. The topological polar surface area (TPSA) is 78.9 Å². The van der Waals surface area contributed by atoms with Crippen LogP contribution in [0.2, 0.25) is 0 Å². The predicted octanol–water partition coefficient (Wildman–Crippen LogP) is 3.94. The van der Waals surface area contributed by atoms with Crippen molar-refractivity contribution < 1.29 is 0 Å². The highest BCUT2D eigenvalue weighted by Crippen LogP contribution is 2.23. The van der Waals surface area contributed by atoms with E-state index < -0.39 is 0 Å². The van der Waals surface area contributed by atoms with Gasteiger partial charge in [-0.2, -0.15) is 5.10 Å². The Morgan fingerprint density at radius 3 is 2.92 bits per heavy atom. The standard InChI is InChI=1S/C18H18N6/c1-3-13(9-11-19-4-2)21-16-10-12-20-18(22-16)17-14-7-5-6-8-15(14)23-24-17/h3-12H,1-2H3,(H,23,24)(H,20,21,22)/b11-9-,13-3+,19-4-. The summed E-state index contributed by atoms with van der Waals surface area (Å²) >= 11 is 0. The van der Waals surface area contributed by atoms with Crippen LogP contribution < -0.4 is 5.32 Å². The molecule has 3 aromatic rings. The number of hydrogen-bond donors (Lipinski definition) is 2. The van der Waals surface area contributed by atoms with Crippen LogP contribution in [0.15, 0.2) is 65.6 Å². The van der Waals surface area contributed by atoms with Crippen LogP contribution in [-0.4, -0.2) is 26.4 Å². The lowest BCUT2D eigenvalue weighted by Gasteiger charge is -2.06. The van der Waals surface area contributed by atoms with Crippen molar-refractivity contribution in [2.24, 2.45) is 4.99 Å². The first-order chi connectivity index (χ1) is 11.8. The first-order valence-electron chi connectivity index (χ1n) is 7.66. The fourth-order valence-corrected chi connectivity index (χ4v) is 2.24. The van der Waals surface area contributed by atoms with Gasteiger partial charge in [0, 0.05) is 29.7 Å². The number of hydrogen-bond acceptors (Lipinski definition) is 5. The van der Waals surface area contributed by atoms with Gasteiger partial charge < -0.3 is 5.32 Å². The molecule has 0 aliphatic heterocycles. The van der Waals surface area contributed by atoms with Gasteiger partial charge in [0.15, 0.2) is 5.82 Å². The zero-order valence-corrected chi connectivity index (χ0v) is 13.6. The van der Waals surface area contributed by atoms with Crippen LogP contribution in [0.4, 0.5) is 5.82 Å². The van der Waals surface area contributed by atoms with Crippen LogP contribution in [0.3, 0.4) is 0 Å². The second kappa shape index (κ2) is 7.32. The number of anilines is 1. The maximum Gasteiger partial charge on any atom is 0.182 e. The van der Waals surface area contributed by atoms with Gasteiger partial charge in [-0.3, -0.25) is 10.1 Å². The Bertz CT molecular complexity index is 920. The van der Waals surface area contributed by atoms with E-state index in [0.29, 0.717) is 11.6 Å². The summed E-state index contributed by atoms with van der Waals surface area (Å²) in [4.78, 5) is 13.0. The molecular formula is C18H18N6. The van der Waals surface area contributed by atoms with Crippen LogP contribution in [0.25, 0.3) is 22.4 Å². The summed E-state index contributed by atoms with van der Waals surface area (Å²) in [6.45, 7) is 3.82. The predicted molar refractivity (Wildman–Crippen MR) is 97.8 cm³/mol. The molecule has 2 heterocycles. The molecule has 0 aliphatic carbocycles. The van der Waals surface area contributed by atoms with Crippen molar-refractivity contribution in [2.75, 3.05) is 5.32 Å². The van der Waals surface area contributed by atoms with E-state index in [4.69, 9.17) is 0 Å². The summed E-state index contributed by atoms with van der Waals surface area (Å²) in [7, 11) is 0. The largest absolute Gasteiger partial charge is 0.340 e. The molecule has 0 fully saturated rings. The highest BCUT2D eigenvalue weighted by molar-refractivity contribution is 5.91. The van der Waals surface area contributed by atoms with Gasteiger partial charge in [0.05, 0.1) is 5.52 Å². The summed E-state index contributed by atoms with van der Waals surface area (Å²) in [6.07, 6.45) is 9.01. The Labute approximate surface area is 140 Å². The number of nitrogens with one attached hydrogen (secondary N) is 2. The van der Waals surface area contributed by atoms with Gasteiger partial charge in [-0.05, 0) is 32.1 Å². The third kappa shape index (κ3) is 3.38. The van der Waals surface area contributed by atoms with Crippen molar-refractivity contribution in [1.82, 2.24) is 20.2 Å². The SMILES string of the molecule is C\C=N/C=C\C(=C/C)Nc1ccnc(-c2n[nH]c3ccccc23)n1.